The molecular formula is C31H24N4O2S3. The highest BCUT2D eigenvalue weighted by molar-refractivity contribution is 8.00. The molecule has 5 aromatic rings. The molecule has 198 valence electrons. The van der Waals surface area contributed by atoms with Crippen LogP contribution in [0.15, 0.2) is 90.1 Å². The van der Waals surface area contributed by atoms with Gasteiger partial charge in [0.1, 0.15) is 10.6 Å². The van der Waals surface area contributed by atoms with Crippen molar-refractivity contribution in [1.29, 1.82) is 0 Å². The van der Waals surface area contributed by atoms with Crippen LogP contribution in [0, 0.1) is 0 Å². The van der Waals surface area contributed by atoms with Gasteiger partial charge >= 0.3 is 0 Å². The number of rotatable bonds is 6. The number of fused-ring (bicyclic) bond motifs is 4. The molecule has 6 nitrogen and oxygen atoms in total. The molecule has 0 unspecified atom stereocenters. The molecule has 0 bridgehead atoms. The Bertz CT molecular complexity index is 1720. The summed E-state index contributed by atoms with van der Waals surface area (Å²) in [4.78, 5) is 38.5. The zero-order chi connectivity index (χ0) is 27.2. The van der Waals surface area contributed by atoms with Gasteiger partial charge in [-0.3, -0.25) is 14.5 Å². The summed E-state index contributed by atoms with van der Waals surface area (Å²) in [5, 5.41) is 1.99. The molecule has 9 heteroatoms. The molecule has 2 aliphatic heterocycles. The minimum atomic E-state index is -0.250. The van der Waals surface area contributed by atoms with E-state index in [-0.39, 0.29) is 23.6 Å². The Morgan fingerprint density at radius 3 is 2.15 bits per heavy atom. The van der Waals surface area contributed by atoms with Crippen LogP contribution in [0.25, 0.3) is 10.2 Å². The number of hydrogen-bond donors (Lipinski definition) is 1. The number of carbonyl (C=O) groups is 2. The lowest BCUT2D eigenvalue weighted by Crippen LogP contribution is -2.31. The summed E-state index contributed by atoms with van der Waals surface area (Å²) in [6.45, 7) is 0.282. The highest BCUT2D eigenvalue weighted by Gasteiger charge is 2.36. The number of hydrogen-bond acceptors (Lipinski definition) is 8. The van der Waals surface area contributed by atoms with Gasteiger partial charge in [0.2, 0.25) is 0 Å². The number of aromatic nitrogens is 2. The number of thioether (sulfide) groups is 2. The van der Waals surface area contributed by atoms with Gasteiger partial charge in [-0.15, -0.1) is 23.1 Å². The van der Waals surface area contributed by atoms with Crippen LogP contribution in [-0.2, 0) is 6.42 Å². The Hall–Kier alpha value is -3.66. The highest BCUT2D eigenvalue weighted by atomic mass is 32.2. The van der Waals surface area contributed by atoms with E-state index in [0.717, 1.165) is 16.6 Å². The van der Waals surface area contributed by atoms with Crippen LogP contribution in [0.5, 0.6) is 0 Å². The molecule has 0 fully saturated rings. The predicted molar refractivity (Wildman–Crippen MR) is 163 cm³/mol. The molecule has 3 aromatic carbocycles. The molecule has 4 heterocycles. The van der Waals surface area contributed by atoms with Gasteiger partial charge < -0.3 is 5.73 Å². The summed E-state index contributed by atoms with van der Waals surface area (Å²) < 4.78 is 0. The molecule has 0 aliphatic carbocycles. The Kier molecular flexibility index (Phi) is 6.57. The standard InChI is InChI=1S/C31H24N4O2S3/c32-27-24-22-17-23(18-9-3-1-4-10-18)39-25(19-11-5-2-6-12-19)26(22)40-28(24)34-31(33-27)38-16-15-35-29(36)20-13-7-8-14-21(20)30(35)37/h1-14,23,25H,15-17H2,(H2,32,33,34)/t23-,25+/m1/s1. The lowest BCUT2D eigenvalue weighted by Gasteiger charge is -2.30. The summed E-state index contributed by atoms with van der Waals surface area (Å²) in [5.74, 6) is 0.470. The van der Waals surface area contributed by atoms with Crippen molar-refractivity contribution in [1.82, 2.24) is 14.9 Å². The van der Waals surface area contributed by atoms with Gasteiger partial charge in [0, 0.05) is 22.4 Å². The Balaban J connectivity index is 1.18. The van der Waals surface area contributed by atoms with Crippen LogP contribution in [0.1, 0.15) is 52.8 Å². The summed E-state index contributed by atoms with van der Waals surface area (Å²) in [6.07, 6.45) is 0.868. The first kappa shape index (κ1) is 25.3. The average Bonchev–Trinajstić information content (AvgIpc) is 3.48. The lowest BCUT2D eigenvalue weighted by atomic mass is 9.98. The van der Waals surface area contributed by atoms with Gasteiger partial charge in [-0.1, -0.05) is 84.6 Å². The lowest BCUT2D eigenvalue weighted by molar-refractivity contribution is 0.0664. The molecule has 0 saturated carbocycles. The van der Waals surface area contributed by atoms with Crippen molar-refractivity contribution in [2.24, 2.45) is 0 Å². The zero-order valence-electron chi connectivity index (χ0n) is 21.3. The SMILES string of the molecule is Nc1nc(SCCN2C(=O)c3ccccc3C2=O)nc2sc3c(c12)C[C@H](c1ccccc1)S[C@H]3c1ccccc1. The number of nitrogen functional groups attached to an aromatic ring is 1. The summed E-state index contributed by atoms with van der Waals surface area (Å²) in [5.41, 5.74) is 11.3. The van der Waals surface area contributed by atoms with Crippen molar-refractivity contribution < 1.29 is 9.59 Å². The summed E-state index contributed by atoms with van der Waals surface area (Å²) in [7, 11) is 0. The fourth-order valence-electron chi connectivity index (χ4n) is 5.41. The quantitative estimate of drug-likeness (QED) is 0.134. The molecule has 0 saturated heterocycles. The molecule has 2 amide bonds. The first-order valence-corrected chi connectivity index (χ1v) is 15.7. The van der Waals surface area contributed by atoms with E-state index in [2.05, 4.69) is 59.6 Å². The molecule has 7 rings (SSSR count). The van der Waals surface area contributed by atoms with Crippen LogP contribution in [0.2, 0.25) is 0 Å². The predicted octanol–water partition coefficient (Wildman–Crippen LogP) is 6.78. The second-order valence-corrected chi connectivity index (χ2v) is 13.1. The van der Waals surface area contributed by atoms with Crippen molar-refractivity contribution in [3.8, 4) is 0 Å². The van der Waals surface area contributed by atoms with Crippen LogP contribution in [-0.4, -0.2) is 39.0 Å². The van der Waals surface area contributed by atoms with Crippen LogP contribution < -0.4 is 5.73 Å². The number of amides is 2. The number of benzene rings is 3. The number of anilines is 1. The van der Waals surface area contributed by atoms with Crippen molar-refractivity contribution in [3.05, 3.63) is 118 Å². The normalized spacial score (nSPS) is 18.2. The average molecular weight is 581 g/mol. The maximum Gasteiger partial charge on any atom is 0.261 e. The van der Waals surface area contributed by atoms with Crippen molar-refractivity contribution in [2.45, 2.75) is 22.1 Å². The molecule has 2 aromatic heterocycles. The molecule has 2 N–H and O–H groups in total. The number of nitrogens with two attached hydrogens (primary N) is 1. The van der Waals surface area contributed by atoms with Crippen LogP contribution >= 0.6 is 34.9 Å². The smallest absolute Gasteiger partial charge is 0.261 e. The van der Waals surface area contributed by atoms with Crippen molar-refractivity contribution in [3.63, 3.8) is 0 Å². The van der Waals surface area contributed by atoms with E-state index in [1.165, 1.54) is 38.2 Å². The number of carbonyl (C=O) groups excluding carboxylic acids is 2. The topological polar surface area (TPSA) is 89.2 Å². The number of nitrogens with zero attached hydrogens (tertiary/aromatic N) is 3. The fourth-order valence-corrected chi connectivity index (χ4v) is 9.27. The summed E-state index contributed by atoms with van der Waals surface area (Å²) >= 11 is 5.08. The van der Waals surface area contributed by atoms with E-state index < -0.39 is 0 Å². The third-order valence-corrected chi connectivity index (χ3v) is 11.0. The second kappa shape index (κ2) is 10.4. The van der Waals surface area contributed by atoms with Gasteiger partial charge in [-0.05, 0) is 35.2 Å². The van der Waals surface area contributed by atoms with E-state index in [9.17, 15) is 9.59 Å². The second-order valence-electron chi connectivity index (χ2n) is 9.70. The molecule has 0 radical (unpaired) electrons. The van der Waals surface area contributed by atoms with Gasteiger partial charge in [-0.25, -0.2) is 9.97 Å². The van der Waals surface area contributed by atoms with Gasteiger partial charge in [0.25, 0.3) is 11.8 Å². The molecule has 0 spiro atoms. The van der Waals surface area contributed by atoms with E-state index in [1.807, 2.05) is 17.8 Å². The molecule has 2 aliphatic rings. The first-order chi connectivity index (χ1) is 19.6. The minimum Gasteiger partial charge on any atom is -0.383 e. The van der Waals surface area contributed by atoms with E-state index in [1.54, 1.807) is 35.6 Å². The number of imide groups is 1. The largest absolute Gasteiger partial charge is 0.383 e. The monoisotopic (exact) mass is 580 g/mol. The fraction of sp³-hybridized carbons (Fsp3) is 0.161. The highest BCUT2D eigenvalue weighted by Crippen LogP contribution is 2.55. The Morgan fingerprint density at radius 2 is 1.48 bits per heavy atom. The molecule has 2 atom stereocenters. The molecule has 40 heavy (non-hydrogen) atoms. The Morgan fingerprint density at radius 1 is 0.850 bits per heavy atom. The van der Waals surface area contributed by atoms with Crippen LogP contribution in [0.4, 0.5) is 5.82 Å². The third kappa shape index (κ3) is 4.38. The third-order valence-electron chi connectivity index (χ3n) is 7.32. The van der Waals surface area contributed by atoms with Crippen molar-refractivity contribution in [2.75, 3.05) is 18.0 Å². The van der Waals surface area contributed by atoms with E-state index >= 15 is 0 Å². The minimum absolute atomic E-state index is 0.179. The zero-order valence-corrected chi connectivity index (χ0v) is 23.8. The number of thiophene rings is 1. The van der Waals surface area contributed by atoms with Crippen molar-refractivity contribution >= 4 is 62.7 Å². The van der Waals surface area contributed by atoms with E-state index in [4.69, 9.17) is 10.7 Å². The summed E-state index contributed by atoms with van der Waals surface area (Å²) in [6, 6.07) is 28.2. The molecular weight excluding hydrogens is 557 g/mol. The van der Waals surface area contributed by atoms with Gasteiger partial charge in [-0.2, -0.15) is 0 Å². The van der Waals surface area contributed by atoms with Gasteiger partial charge in [0.15, 0.2) is 5.16 Å². The maximum absolute atomic E-state index is 12.7. The van der Waals surface area contributed by atoms with E-state index in [0.29, 0.717) is 33.1 Å². The maximum atomic E-state index is 12.7. The van der Waals surface area contributed by atoms with Crippen LogP contribution in [0.3, 0.4) is 0 Å². The Labute approximate surface area is 244 Å². The van der Waals surface area contributed by atoms with Gasteiger partial charge in [0.05, 0.1) is 21.8 Å². The first-order valence-electron chi connectivity index (χ1n) is 13.0.